The molecule has 2 amide bonds. The largest absolute Gasteiger partial charge is 0.444 e. The number of rotatable bonds is 6. The molecule has 8 heteroatoms. The van der Waals surface area contributed by atoms with Crippen LogP contribution in [-0.4, -0.2) is 35.1 Å². The minimum atomic E-state index is -4.38. The van der Waals surface area contributed by atoms with Crippen molar-refractivity contribution in [3.05, 3.63) is 59.7 Å². The first-order chi connectivity index (χ1) is 14.9. The van der Waals surface area contributed by atoms with Crippen LogP contribution in [0.1, 0.15) is 44.7 Å². The minimum absolute atomic E-state index is 0.0265. The summed E-state index contributed by atoms with van der Waals surface area (Å²) in [6.07, 6.45) is -3.18. The number of alkyl halides is 3. The van der Waals surface area contributed by atoms with Crippen LogP contribution in [0.5, 0.6) is 0 Å². The normalized spacial score (nSPS) is 14.1. The molecular formula is C24H27F3N2O3. The van der Waals surface area contributed by atoms with E-state index in [1.54, 1.807) is 32.9 Å². The second kappa shape index (κ2) is 9.22. The molecule has 5 nitrogen and oxygen atoms in total. The van der Waals surface area contributed by atoms with E-state index < -0.39 is 23.4 Å². The van der Waals surface area contributed by atoms with Gasteiger partial charge in [-0.2, -0.15) is 13.2 Å². The highest BCUT2D eigenvalue weighted by Gasteiger charge is 2.36. The molecule has 32 heavy (non-hydrogen) atoms. The Hall–Kier alpha value is -3.03. The highest BCUT2D eigenvalue weighted by atomic mass is 19.4. The van der Waals surface area contributed by atoms with Crippen molar-refractivity contribution in [3.63, 3.8) is 0 Å². The summed E-state index contributed by atoms with van der Waals surface area (Å²) in [6, 6.07) is 12.2. The standard InChI is InChI=1S/C24H27F3N2O3/c1-23(2,3)32-22(31)29(20-11-12-20)15-21(30)28-14-16-5-4-6-18(13-16)17-7-9-19(10-8-17)24(25,26)27/h4-10,13,20H,11-12,14-15H2,1-3H3,(H,28,30). The average molecular weight is 448 g/mol. The Kier molecular flexibility index (Phi) is 6.81. The van der Waals surface area contributed by atoms with Crippen molar-refractivity contribution in [3.8, 4) is 11.1 Å². The van der Waals surface area contributed by atoms with E-state index in [1.807, 2.05) is 12.1 Å². The van der Waals surface area contributed by atoms with Gasteiger partial charge in [0.15, 0.2) is 0 Å². The molecule has 0 atom stereocenters. The van der Waals surface area contributed by atoms with Crippen LogP contribution in [0.2, 0.25) is 0 Å². The molecule has 1 aliphatic carbocycles. The van der Waals surface area contributed by atoms with Crippen LogP contribution in [0.4, 0.5) is 18.0 Å². The van der Waals surface area contributed by atoms with Crippen molar-refractivity contribution in [1.29, 1.82) is 0 Å². The Bertz CT molecular complexity index is 962. The predicted octanol–water partition coefficient (Wildman–Crippen LogP) is 5.39. The van der Waals surface area contributed by atoms with Crippen molar-refractivity contribution in [1.82, 2.24) is 10.2 Å². The van der Waals surface area contributed by atoms with Crippen molar-refractivity contribution < 1.29 is 27.5 Å². The highest BCUT2D eigenvalue weighted by molar-refractivity contribution is 5.82. The van der Waals surface area contributed by atoms with E-state index in [4.69, 9.17) is 4.74 Å². The van der Waals surface area contributed by atoms with Crippen molar-refractivity contribution in [2.45, 2.75) is 58.0 Å². The first kappa shape index (κ1) is 23.6. The quantitative estimate of drug-likeness (QED) is 0.645. The van der Waals surface area contributed by atoms with E-state index in [0.29, 0.717) is 5.56 Å². The zero-order chi connectivity index (χ0) is 23.5. The number of nitrogens with zero attached hydrogens (tertiary/aromatic N) is 1. The second-order valence-electron chi connectivity index (χ2n) is 8.89. The van der Waals surface area contributed by atoms with Crippen LogP contribution in [-0.2, 0) is 22.3 Å². The summed E-state index contributed by atoms with van der Waals surface area (Å²) in [4.78, 5) is 26.3. The first-order valence-corrected chi connectivity index (χ1v) is 10.5. The summed E-state index contributed by atoms with van der Waals surface area (Å²) in [5.41, 5.74) is 0.857. The third-order valence-corrected chi connectivity index (χ3v) is 4.89. The van der Waals surface area contributed by atoms with Crippen molar-refractivity contribution in [2.24, 2.45) is 0 Å². The van der Waals surface area contributed by atoms with Gasteiger partial charge in [0.2, 0.25) is 5.91 Å². The van der Waals surface area contributed by atoms with E-state index >= 15 is 0 Å². The lowest BCUT2D eigenvalue weighted by Crippen LogP contribution is -2.44. The molecular weight excluding hydrogens is 421 g/mol. The molecule has 2 aromatic carbocycles. The zero-order valence-electron chi connectivity index (χ0n) is 18.3. The summed E-state index contributed by atoms with van der Waals surface area (Å²) in [6.45, 7) is 5.48. The van der Waals surface area contributed by atoms with Gasteiger partial charge in [0.05, 0.1) is 5.56 Å². The minimum Gasteiger partial charge on any atom is -0.444 e. The van der Waals surface area contributed by atoms with Gasteiger partial charge in [0.1, 0.15) is 12.1 Å². The van der Waals surface area contributed by atoms with Crippen LogP contribution in [0.25, 0.3) is 11.1 Å². The van der Waals surface area contributed by atoms with E-state index in [1.165, 1.54) is 17.0 Å². The molecule has 0 bridgehead atoms. The molecule has 1 fully saturated rings. The Balaban J connectivity index is 1.60. The maximum absolute atomic E-state index is 12.8. The van der Waals surface area contributed by atoms with E-state index in [9.17, 15) is 22.8 Å². The fourth-order valence-corrected chi connectivity index (χ4v) is 3.17. The van der Waals surface area contributed by atoms with Crippen LogP contribution < -0.4 is 5.32 Å². The van der Waals surface area contributed by atoms with Crippen LogP contribution in [0.15, 0.2) is 48.5 Å². The first-order valence-electron chi connectivity index (χ1n) is 10.5. The molecule has 0 aromatic heterocycles. The Morgan fingerprint density at radius 1 is 1.03 bits per heavy atom. The average Bonchev–Trinajstić information content (AvgIpc) is 3.54. The Morgan fingerprint density at radius 3 is 2.25 bits per heavy atom. The third-order valence-electron chi connectivity index (χ3n) is 4.89. The van der Waals surface area contributed by atoms with Gasteiger partial charge in [-0.25, -0.2) is 4.79 Å². The number of carbonyl (C=O) groups is 2. The molecule has 0 spiro atoms. The summed E-state index contributed by atoms with van der Waals surface area (Å²) in [7, 11) is 0. The topological polar surface area (TPSA) is 58.6 Å². The van der Waals surface area contributed by atoms with E-state index in [-0.39, 0.29) is 25.0 Å². The molecule has 1 saturated carbocycles. The van der Waals surface area contributed by atoms with Gasteiger partial charge in [-0.3, -0.25) is 9.69 Å². The van der Waals surface area contributed by atoms with Gasteiger partial charge in [-0.15, -0.1) is 0 Å². The molecule has 0 radical (unpaired) electrons. The van der Waals surface area contributed by atoms with Gasteiger partial charge < -0.3 is 10.1 Å². The predicted molar refractivity (Wildman–Crippen MR) is 115 cm³/mol. The number of ether oxygens (including phenoxy) is 1. The Morgan fingerprint density at radius 2 is 1.69 bits per heavy atom. The lowest BCUT2D eigenvalue weighted by molar-refractivity contribution is -0.137. The number of halogens is 3. The molecule has 3 rings (SSSR count). The molecule has 0 heterocycles. The molecule has 1 N–H and O–H groups in total. The zero-order valence-corrected chi connectivity index (χ0v) is 18.3. The Labute approximate surface area is 185 Å². The van der Waals surface area contributed by atoms with Gasteiger partial charge in [-0.05, 0) is 68.5 Å². The number of hydrogen-bond donors (Lipinski definition) is 1. The van der Waals surface area contributed by atoms with Gasteiger partial charge >= 0.3 is 12.3 Å². The molecule has 0 unspecified atom stereocenters. The molecule has 2 aromatic rings. The van der Waals surface area contributed by atoms with Crippen LogP contribution >= 0.6 is 0 Å². The van der Waals surface area contributed by atoms with Gasteiger partial charge in [0, 0.05) is 12.6 Å². The smallest absolute Gasteiger partial charge is 0.416 e. The van der Waals surface area contributed by atoms with E-state index in [2.05, 4.69) is 5.32 Å². The maximum Gasteiger partial charge on any atom is 0.416 e. The molecule has 0 aliphatic heterocycles. The number of hydrogen-bond acceptors (Lipinski definition) is 3. The monoisotopic (exact) mass is 448 g/mol. The van der Waals surface area contributed by atoms with Crippen molar-refractivity contribution >= 4 is 12.0 Å². The number of amides is 2. The summed E-state index contributed by atoms with van der Waals surface area (Å²) < 4.78 is 43.7. The highest BCUT2D eigenvalue weighted by Crippen LogP contribution is 2.31. The second-order valence-corrected chi connectivity index (χ2v) is 8.89. The third kappa shape index (κ3) is 6.73. The number of benzene rings is 2. The SMILES string of the molecule is CC(C)(C)OC(=O)N(CC(=O)NCc1cccc(-c2ccc(C(F)(F)F)cc2)c1)C1CC1. The number of carbonyl (C=O) groups excluding carboxylic acids is 2. The lowest BCUT2D eigenvalue weighted by Gasteiger charge is -2.27. The summed E-state index contributed by atoms with van der Waals surface area (Å²) in [5, 5.41) is 2.80. The number of nitrogens with one attached hydrogen (secondary N) is 1. The molecule has 0 saturated heterocycles. The fraction of sp³-hybridized carbons (Fsp3) is 0.417. The summed E-state index contributed by atoms with van der Waals surface area (Å²) >= 11 is 0. The fourth-order valence-electron chi connectivity index (χ4n) is 3.17. The van der Waals surface area contributed by atoms with Crippen LogP contribution in [0, 0.1) is 0 Å². The maximum atomic E-state index is 12.8. The van der Waals surface area contributed by atoms with Gasteiger partial charge in [0.25, 0.3) is 0 Å². The molecule has 1 aliphatic rings. The van der Waals surface area contributed by atoms with Crippen molar-refractivity contribution in [2.75, 3.05) is 6.54 Å². The van der Waals surface area contributed by atoms with Gasteiger partial charge in [-0.1, -0.05) is 30.3 Å². The lowest BCUT2D eigenvalue weighted by atomic mass is 10.0. The van der Waals surface area contributed by atoms with Crippen LogP contribution in [0.3, 0.4) is 0 Å². The summed E-state index contributed by atoms with van der Waals surface area (Å²) in [5.74, 6) is -0.303. The van der Waals surface area contributed by atoms with E-state index in [0.717, 1.165) is 36.1 Å². The molecule has 172 valence electrons.